The Kier molecular flexibility index (Phi) is 7.04. The van der Waals surface area contributed by atoms with Gasteiger partial charge in [-0.25, -0.2) is 0 Å². The summed E-state index contributed by atoms with van der Waals surface area (Å²) < 4.78 is 0. The van der Waals surface area contributed by atoms with Gasteiger partial charge in [0.1, 0.15) is 0 Å². The van der Waals surface area contributed by atoms with Crippen LogP contribution in [-0.4, -0.2) is 36.0 Å². The standard InChI is InChI=1S/C14H24N2O4/c1-2-10(14(19)20)9-16-12(17)7-8-15-13(18)11-5-3-4-6-11/h10-11H,2-9H2,1H3,(H,15,18)(H,16,17)(H,19,20). The average Bonchev–Trinajstić information content (AvgIpc) is 2.92. The van der Waals surface area contributed by atoms with Crippen molar-refractivity contribution in [2.24, 2.45) is 11.8 Å². The van der Waals surface area contributed by atoms with Crippen LogP contribution >= 0.6 is 0 Å². The van der Waals surface area contributed by atoms with Crippen LogP contribution in [0.25, 0.3) is 0 Å². The zero-order chi connectivity index (χ0) is 15.0. The third-order valence-electron chi connectivity index (χ3n) is 3.76. The number of carboxylic acids is 1. The van der Waals surface area contributed by atoms with Crippen molar-refractivity contribution in [2.75, 3.05) is 13.1 Å². The van der Waals surface area contributed by atoms with Gasteiger partial charge in [0.25, 0.3) is 0 Å². The van der Waals surface area contributed by atoms with Gasteiger partial charge in [-0.05, 0) is 19.3 Å². The van der Waals surface area contributed by atoms with Crippen molar-refractivity contribution in [3.05, 3.63) is 0 Å². The van der Waals surface area contributed by atoms with Crippen molar-refractivity contribution in [3.8, 4) is 0 Å². The van der Waals surface area contributed by atoms with Crippen LogP contribution in [0.3, 0.4) is 0 Å². The highest BCUT2D eigenvalue weighted by Gasteiger charge is 2.22. The second kappa shape index (κ2) is 8.55. The number of nitrogens with one attached hydrogen (secondary N) is 2. The minimum atomic E-state index is -0.901. The Morgan fingerprint density at radius 1 is 1.20 bits per heavy atom. The number of rotatable bonds is 8. The molecule has 1 unspecified atom stereocenters. The topological polar surface area (TPSA) is 95.5 Å². The average molecular weight is 284 g/mol. The van der Waals surface area contributed by atoms with Gasteiger partial charge < -0.3 is 15.7 Å². The fourth-order valence-electron chi connectivity index (χ4n) is 2.36. The van der Waals surface area contributed by atoms with E-state index in [2.05, 4.69) is 10.6 Å². The predicted molar refractivity (Wildman–Crippen MR) is 74.0 cm³/mol. The fourth-order valence-corrected chi connectivity index (χ4v) is 2.36. The molecule has 2 amide bonds. The van der Waals surface area contributed by atoms with E-state index in [4.69, 9.17) is 5.11 Å². The lowest BCUT2D eigenvalue weighted by molar-refractivity contribution is -0.141. The Morgan fingerprint density at radius 2 is 1.85 bits per heavy atom. The van der Waals surface area contributed by atoms with E-state index >= 15 is 0 Å². The second-order valence-electron chi connectivity index (χ2n) is 5.27. The summed E-state index contributed by atoms with van der Waals surface area (Å²) in [6.45, 7) is 2.22. The van der Waals surface area contributed by atoms with Crippen LogP contribution in [0.2, 0.25) is 0 Å². The molecular formula is C14H24N2O4. The van der Waals surface area contributed by atoms with Gasteiger partial charge in [-0.15, -0.1) is 0 Å². The summed E-state index contributed by atoms with van der Waals surface area (Å²) in [5.74, 6) is -1.53. The van der Waals surface area contributed by atoms with Crippen molar-refractivity contribution >= 4 is 17.8 Å². The minimum absolute atomic E-state index is 0.0345. The normalized spacial score (nSPS) is 16.6. The van der Waals surface area contributed by atoms with Gasteiger partial charge in [-0.1, -0.05) is 19.8 Å². The molecule has 0 heterocycles. The van der Waals surface area contributed by atoms with E-state index in [0.717, 1.165) is 25.7 Å². The first-order valence-electron chi connectivity index (χ1n) is 7.31. The van der Waals surface area contributed by atoms with E-state index in [1.165, 1.54) is 0 Å². The maximum absolute atomic E-state index is 11.7. The third kappa shape index (κ3) is 5.59. The van der Waals surface area contributed by atoms with Crippen molar-refractivity contribution in [2.45, 2.75) is 45.4 Å². The zero-order valence-electron chi connectivity index (χ0n) is 12.0. The quantitative estimate of drug-likeness (QED) is 0.617. The van der Waals surface area contributed by atoms with Gasteiger partial charge in [0.05, 0.1) is 5.92 Å². The molecule has 6 heteroatoms. The molecule has 0 saturated heterocycles. The zero-order valence-corrected chi connectivity index (χ0v) is 12.0. The largest absolute Gasteiger partial charge is 0.481 e. The van der Waals surface area contributed by atoms with Crippen molar-refractivity contribution in [1.29, 1.82) is 0 Å². The molecule has 0 bridgehead atoms. The molecule has 0 aliphatic heterocycles. The van der Waals surface area contributed by atoms with Crippen LogP contribution in [0.1, 0.15) is 45.4 Å². The minimum Gasteiger partial charge on any atom is -0.481 e. The van der Waals surface area contributed by atoms with Crippen LogP contribution in [0, 0.1) is 11.8 Å². The number of carbonyl (C=O) groups excluding carboxylic acids is 2. The van der Waals surface area contributed by atoms with Gasteiger partial charge >= 0.3 is 5.97 Å². The van der Waals surface area contributed by atoms with Gasteiger partial charge in [0, 0.05) is 25.4 Å². The Morgan fingerprint density at radius 3 is 2.40 bits per heavy atom. The lowest BCUT2D eigenvalue weighted by Gasteiger charge is -2.12. The van der Waals surface area contributed by atoms with Crippen LogP contribution in [-0.2, 0) is 14.4 Å². The number of carbonyl (C=O) groups is 3. The summed E-state index contributed by atoms with van der Waals surface area (Å²) in [4.78, 5) is 34.0. The molecule has 20 heavy (non-hydrogen) atoms. The molecule has 1 aliphatic rings. The molecule has 6 nitrogen and oxygen atoms in total. The van der Waals surface area contributed by atoms with E-state index in [1.54, 1.807) is 6.92 Å². The highest BCUT2D eigenvalue weighted by molar-refractivity contribution is 5.81. The molecule has 0 aromatic heterocycles. The summed E-state index contributed by atoms with van der Waals surface area (Å²) in [7, 11) is 0. The molecule has 0 aromatic carbocycles. The molecule has 1 atom stereocenters. The maximum atomic E-state index is 11.7. The van der Waals surface area contributed by atoms with E-state index in [1.807, 2.05) is 0 Å². The number of carboxylic acid groups (broad SMARTS) is 1. The number of aliphatic carboxylic acids is 1. The van der Waals surface area contributed by atoms with Crippen molar-refractivity contribution in [1.82, 2.24) is 10.6 Å². The second-order valence-corrected chi connectivity index (χ2v) is 5.27. The van der Waals surface area contributed by atoms with Crippen molar-refractivity contribution in [3.63, 3.8) is 0 Å². The Labute approximate surface area is 119 Å². The number of hydrogen-bond acceptors (Lipinski definition) is 3. The molecule has 0 spiro atoms. The van der Waals surface area contributed by atoms with E-state index < -0.39 is 11.9 Å². The summed E-state index contributed by atoms with van der Waals surface area (Å²) in [5, 5.41) is 14.2. The lowest BCUT2D eigenvalue weighted by Crippen LogP contribution is -2.36. The summed E-state index contributed by atoms with van der Waals surface area (Å²) in [5.41, 5.74) is 0. The first-order chi connectivity index (χ1) is 9.54. The molecule has 1 aliphatic carbocycles. The van der Waals surface area contributed by atoms with Gasteiger partial charge in [0.2, 0.25) is 11.8 Å². The van der Waals surface area contributed by atoms with E-state index in [0.29, 0.717) is 13.0 Å². The number of amides is 2. The van der Waals surface area contributed by atoms with Gasteiger partial charge in [0.15, 0.2) is 0 Å². The fraction of sp³-hybridized carbons (Fsp3) is 0.786. The maximum Gasteiger partial charge on any atom is 0.308 e. The summed E-state index contributed by atoms with van der Waals surface area (Å²) in [6.07, 6.45) is 4.75. The Bertz CT molecular complexity index is 351. The molecule has 1 rings (SSSR count). The summed E-state index contributed by atoms with van der Waals surface area (Å²) in [6, 6.07) is 0. The van der Waals surface area contributed by atoms with Crippen LogP contribution in [0.5, 0.6) is 0 Å². The first kappa shape index (κ1) is 16.5. The molecule has 0 radical (unpaired) electrons. The first-order valence-corrected chi connectivity index (χ1v) is 7.31. The Balaban J connectivity index is 2.13. The highest BCUT2D eigenvalue weighted by Crippen LogP contribution is 2.24. The third-order valence-corrected chi connectivity index (χ3v) is 3.76. The molecule has 1 fully saturated rings. The highest BCUT2D eigenvalue weighted by atomic mass is 16.4. The lowest BCUT2D eigenvalue weighted by atomic mass is 10.1. The van der Waals surface area contributed by atoms with Gasteiger partial charge in [-0.3, -0.25) is 14.4 Å². The molecule has 0 aromatic rings. The van der Waals surface area contributed by atoms with Crippen LogP contribution in [0.15, 0.2) is 0 Å². The Hall–Kier alpha value is -1.59. The summed E-state index contributed by atoms with van der Waals surface area (Å²) >= 11 is 0. The molecule has 3 N–H and O–H groups in total. The molecule has 1 saturated carbocycles. The van der Waals surface area contributed by atoms with Crippen LogP contribution < -0.4 is 10.6 Å². The van der Waals surface area contributed by atoms with Gasteiger partial charge in [-0.2, -0.15) is 0 Å². The predicted octanol–water partition coefficient (Wildman–Crippen LogP) is 0.910. The van der Waals surface area contributed by atoms with Crippen LogP contribution in [0.4, 0.5) is 0 Å². The van der Waals surface area contributed by atoms with Crippen molar-refractivity contribution < 1.29 is 19.5 Å². The molecular weight excluding hydrogens is 260 g/mol. The monoisotopic (exact) mass is 284 g/mol. The van der Waals surface area contributed by atoms with E-state index in [-0.39, 0.29) is 30.7 Å². The van der Waals surface area contributed by atoms with E-state index in [9.17, 15) is 14.4 Å². The number of hydrogen-bond donors (Lipinski definition) is 3. The smallest absolute Gasteiger partial charge is 0.308 e. The SMILES string of the molecule is CCC(CNC(=O)CCNC(=O)C1CCCC1)C(=O)O. The molecule has 114 valence electrons.